The van der Waals surface area contributed by atoms with E-state index in [1.165, 1.54) is 58.0 Å². The summed E-state index contributed by atoms with van der Waals surface area (Å²) in [6.07, 6.45) is 9.84. The highest BCUT2D eigenvalue weighted by Crippen LogP contribution is 2.38. The molecule has 0 radical (unpaired) electrons. The summed E-state index contributed by atoms with van der Waals surface area (Å²) in [5, 5.41) is 3.82. The molecule has 0 aromatic heterocycles. The predicted octanol–water partition coefficient (Wildman–Crippen LogP) is 3.67. The molecule has 0 spiro atoms. The van der Waals surface area contributed by atoms with Crippen LogP contribution in [0, 0.1) is 11.3 Å². The fourth-order valence-corrected chi connectivity index (χ4v) is 4.47. The summed E-state index contributed by atoms with van der Waals surface area (Å²) >= 11 is 0. The molecule has 19 heavy (non-hydrogen) atoms. The molecule has 2 rings (SSSR count). The van der Waals surface area contributed by atoms with Crippen LogP contribution in [0.5, 0.6) is 0 Å². The van der Waals surface area contributed by atoms with Gasteiger partial charge in [-0.1, -0.05) is 33.6 Å². The molecule has 2 unspecified atom stereocenters. The molecule has 0 aromatic rings. The Balaban J connectivity index is 1.67. The minimum absolute atomic E-state index is 0.534. The van der Waals surface area contributed by atoms with Crippen LogP contribution < -0.4 is 5.32 Å². The molecule has 0 aliphatic heterocycles. The van der Waals surface area contributed by atoms with Gasteiger partial charge in [-0.15, -0.1) is 0 Å². The Kier molecular flexibility index (Phi) is 5.30. The highest BCUT2D eigenvalue weighted by Gasteiger charge is 2.31. The number of rotatable bonds is 5. The second-order valence-corrected chi connectivity index (χ2v) is 7.98. The minimum atomic E-state index is 0.534. The van der Waals surface area contributed by atoms with Crippen molar-refractivity contribution in [1.82, 2.24) is 10.2 Å². The van der Waals surface area contributed by atoms with Crippen molar-refractivity contribution in [3.8, 4) is 0 Å². The van der Waals surface area contributed by atoms with Gasteiger partial charge in [0.25, 0.3) is 0 Å². The number of nitrogens with zero attached hydrogens (tertiary/aromatic N) is 1. The highest BCUT2D eigenvalue weighted by molar-refractivity contribution is 4.86. The lowest BCUT2D eigenvalue weighted by Gasteiger charge is -2.39. The average Bonchev–Trinajstić information content (AvgIpc) is 2.79. The summed E-state index contributed by atoms with van der Waals surface area (Å²) in [5.41, 5.74) is 0.534. The van der Waals surface area contributed by atoms with Gasteiger partial charge in [-0.3, -0.25) is 0 Å². The van der Waals surface area contributed by atoms with Crippen LogP contribution in [0.2, 0.25) is 0 Å². The highest BCUT2D eigenvalue weighted by atomic mass is 15.1. The SMILES string of the molecule is CC1CC(NCCN(C)C2CCCC2)CC(C)(C)C1. The van der Waals surface area contributed by atoms with Gasteiger partial charge in [0.05, 0.1) is 0 Å². The van der Waals surface area contributed by atoms with Crippen molar-refractivity contribution in [3.63, 3.8) is 0 Å². The normalized spacial score (nSPS) is 32.1. The van der Waals surface area contributed by atoms with E-state index in [0.717, 1.165) is 18.0 Å². The lowest BCUT2D eigenvalue weighted by atomic mass is 9.70. The zero-order chi connectivity index (χ0) is 13.9. The Labute approximate surface area is 120 Å². The fraction of sp³-hybridized carbons (Fsp3) is 1.00. The van der Waals surface area contributed by atoms with Crippen LogP contribution in [0.25, 0.3) is 0 Å². The van der Waals surface area contributed by atoms with E-state index in [2.05, 4.69) is 38.0 Å². The van der Waals surface area contributed by atoms with Crippen molar-refractivity contribution in [1.29, 1.82) is 0 Å². The molecule has 2 heteroatoms. The zero-order valence-electron chi connectivity index (χ0n) is 13.5. The molecule has 0 bridgehead atoms. The van der Waals surface area contributed by atoms with Gasteiger partial charge in [-0.05, 0) is 50.5 Å². The molecule has 0 amide bonds. The molecule has 2 atom stereocenters. The van der Waals surface area contributed by atoms with E-state index in [0.29, 0.717) is 5.41 Å². The molecule has 0 saturated heterocycles. The topological polar surface area (TPSA) is 15.3 Å². The van der Waals surface area contributed by atoms with Crippen molar-refractivity contribution < 1.29 is 0 Å². The molecular weight excluding hydrogens is 232 g/mol. The third kappa shape index (κ3) is 4.75. The van der Waals surface area contributed by atoms with E-state index in [-0.39, 0.29) is 0 Å². The minimum Gasteiger partial charge on any atom is -0.313 e. The smallest absolute Gasteiger partial charge is 0.0107 e. The average molecular weight is 266 g/mol. The number of hydrogen-bond donors (Lipinski definition) is 1. The summed E-state index contributed by atoms with van der Waals surface area (Å²) in [4.78, 5) is 2.58. The van der Waals surface area contributed by atoms with Crippen molar-refractivity contribution in [2.75, 3.05) is 20.1 Å². The van der Waals surface area contributed by atoms with Gasteiger partial charge in [0, 0.05) is 25.2 Å². The first-order chi connectivity index (χ1) is 8.96. The second-order valence-electron chi connectivity index (χ2n) is 7.98. The Hall–Kier alpha value is -0.0800. The monoisotopic (exact) mass is 266 g/mol. The maximum Gasteiger partial charge on any atom is 0.0107 e. The summed E-state index contributed by atoms with van der Waals surface area (Å²) < 4.78 is 0. The van der Waals surface area contributed by atoms with E-state index in [1.54, 1.807) is 0 Å². The van der Waals surface area contributed by atoms with E-state index < -0.39 is 0 Å². The quantitative estimate of drug-likeness (QED) is 0.817. The van der Waals surface area contributed by atoms with E-state index in [9.17, 15) is 0 Å². The Bertz CT molecular complexity index is 268. The molecule has 112 valence electrons. The number of nitrogens with one attached hydrogen (secondary N) is 1. The van der Waals surface area contributed by atoms with Gasteiger partial charge in [0.15, 0.2) is 0 Å². The zero-order valence-corrected chi connectivity index (χ0v) is 13.5. The Morgan fingerprint density at radius 1 is 1.16 bits per heavy atom. The van der Waals surface area contributed by atoms with Crippen molar-refractivity contribution in [2.45, 2.75) is 77.8 Å². The molecule has 1 N–H and O–H groups in total. The lowest BCUT2D eigenvalue weighted by Crippen LogP contribution is -2.43. The van der Waals surface area contributed by atoms with E-state index in [4.69, 9.17) is 0 Å². The molecule has 2 aliphatic carbocycles. The van der Waals surface area contributed by atoms with Crippen molar-refractivity contribution in [2.24, 2.45) is 11.3 Å². The largest absolute Gasteiger partial charge is 0.313 e. The third-order valence-electron chi connectivity index (χ3n) is 5.23. The maximum absolute atomic E-state index is 3.82. The van der Waals surface area contributed by atoms with Crippen LogP contribution in [0.4, 0.5) is 0 Å². The van der Waals surface area contributed by atoms with Gasteiger partial charge in [-0.2, -0.15) is 0 Å². The van der Waals surface area contributed by atoms with Crippen LogP contribution in [0.1, 0.15) is 65.7 Å². The first kappa shape index (κ1) is 15.3. The molecule has 0 heterocycles. The summed E-state index contributed by atoms with van der Waals surface area (Å²) in [6, 6.07) is 1.61. The molecular formula is C17H34N2. The molecule has 2 nitrogen and oxygen atoms in total. The Morgan fingerprint density at radius 2 is 1.84 bits per heavy atom. The lowest BCUT2D eigenvalue weighted by molar-refractivity contribution is 0.147. The van der Waals surface area contributed by atoms with Crippen molar-refractivity contribution in [3.05, 3.63) is 0 Å². The number of hydrogen-bond acceptors (Lipinski definition) is 2. The van der Waals surface area contributed by atoms with Gasteiger partial charge in [0.2, 0.25) is 0 Å². The molecule has 2 fully saturated rings. The summed E-state index contributed by atoms with van der Waals surface area (Å²) in [6.45, 7) is 9.67. The van der Waals surface area contributed by atoms with Crippen LogP contribution in [-0.2, 0) is 0 Å². The first-order valence-corrected chi connectivity index (χ1v) is 8.40. The summed E-state index contributed by atoms with van der Waals surface area (Å²) in [7, 11) is 2.31. The number of likely N-dealkylation sites (N-methyl/N-ethyl adjacent to an activating group) is 1. The van der Waals surface area contributed by atoms with Crippen LogP contribution in [0.15, 0.2) is 0 Å². The van der Waals surface area contributed by atoms with E-state index >= 15 is 0 Å². The standard InChI is InChI=1S/C17H34N2/c1-14-11-15(13-17(2,3)12-14)18-9-10-19(4)16-7-5-6-8-16/h14-16,18H,5-13H2,1-4H3. The molecule has 0 aromatic carbocycles. The third-order valence-corrected chi connectivity index (χ3v) is 5.23. The fourth-order valence-electron chi connectivity index (χ4n) is 4.47. The van der Waals surface area contributed by atoms with Crippen LogP contribution in [0.3, 0.4) is 0 Å². The van der Waals surface area contributed by atoms with Gasteiger partial charge >= 0.3 is 0 Å². The van der Waals surface area contributed by atoms with Gasteiger partial charge in [0.1, 0.15) is 0 Å². The Morgan fingerprint density at radius 3 is 2.47 bits per heavy atom. The van der Waals surface area contributed by atoms with Crippen LogP contribution in [-0.4, -0.2) is 37.1 Å². The maximum atomic E-state index is 3.82. The van der Waals surface area contributed by atoms with E-state index in [1.807, 2.05) is 0 Å². The van der Waals surface area contributed by atoms with Gasteiger partial charge < -0.3 is 10.2 Å². The first-order valence-electron chi connectivity index (χ1n) is 8.40. The second kappa shape index (κ2) is 6.58. The van der Waals surface area contributed by atoms with Crippen LogP contribution >= 0.6 is 0 Å². The molecule has 2 saturated carbocycles. The molecule has 2 aliphatic rings. The van der Waals surface area contributed by atoms with Gasteiger partial charge in [-0.25, -0.2) is 0 Å². The van der Waals surface area contributed by atoms with Crippen molar-refractivity contribution >= 4 is 0 Å². The predicted molar refractivity (Wildman–Crippen MR) is 83.5 cm³/mol. The summed E-state index contributed by atoms with van der Waals surface area (Å²) in [5.74, 6) is 0.883.